The molecule has 3 heteroatoms. The molecule has 0 amide bonds. The molecule has 0 aliphatic carbocycles. The highest BCUT2D eigenvalue weighted by Gasteiger charge is 2.28. The summed E-state index contributed by atoms with van der Waals surface area (Å²) in [5, 5.41) is 12.2. The standard InChI is InChI=1S/C13H14O3/c1-15-13(14,16-2)12-8-7-10-5-3-4-6-11(10)9-12/h3-9,14H,1-2H3. The van der Waals surface area contributed by atoms with Gasteiger partial charge < -0.3 is 14.6 Å². The highest BCUT2D eigenvalue weighted by atomic mass is 16.8. The first-order valence-electron chi connectivity index (χ1n) is 5.01. The molecule has 0 bridgehead atoms. The topological polar surface area (TPSA) is 38.7 Å². The first-order valence-corrected chi connectivity index (χ1v) is 5.01. The Balaban J connectivity index is 2.54. The van der Waals surface area contributed by atoms with Crippen LogP contribution < -0.4 is 0 Å². The molecule has 0 saturated heterocycles. The minimum atomic E-state index is -1.68. The van der Waals surface area contributed by atoms with Crippen LogP contribution in [0.25, 0.3) is 10.8 Å². The highest BCUT2D eigenvalue weighted by molar-refractivity contribution is 5.83. The van der Waals surface area contributed by atoms with Crippen molar-refractivity contribution in [2.75, 3.05) is 14.2 Å². The van der Waals surface area contributed by atoms with E-state index in [1.54, 1.807) is 6.07 Å². The molecule has 0 spiro atoms. The Labute approximate surface area is 94.2 Å². The number of fused-ring (bicyclic) bond motifs is 1. The average Bonchev–Trinajstić information content (AvgIpc) is 2.37. The second kappa shape index (κ2) is 4.22. The van der Waals surface area contributed by atoms with Gasteiger partial charge >= 0.3 is 5.97 Å². The molecule has 0 aliphatic heterocycles. The Kier molecular flexibility index (Phi) is 2.92. The van der Waals surface area contributed by atoms with Gasteiger partial charge in [0.15, 0.2) is 0 Å². The lowest BCUT2D eigenvalue weighted by Crippen LogP contribution is -2.29. The minimum absolute atomic E-state index is 0.580. The van der Waals surface area contributed by atoms with E-state index in [1.165, 1.54) is 14.2 Å². The van der Waals surface area contributed by atoms with E-state index in [2.05, 4.69) is 0 Å². The lowest BCUT2D eigenvalue weighted by molar-refractivity contribution is -0.352. The molecular weight excluding hydrogens is 204 g/mol. The monoisotopic (exact) mass is 218 g/mol. The predicted octanol–water partition coefficient (Wildman–Crippen LogP) is 2.24. The van der Waals surface area contributed by atoms with Crippen LogP contribution in [-0.2, 0) is 15.4 Å². The van der Waals surface area contributed by atoms with Gasteiger partial charge in [0.1, 0.15) is 0 Å². The van der Waals surface area contributed by atoms with Crippen molar-refractivity contribution in [3.05, 3.63) is 48.0 Å². The summed E-state index contributed by atoms with van der Waals surface area (Å²) in [6.07, 6.45) is 0. The summed E-state index contributed by atoms with van der Waals surface area (Å²) < 4.78 is 9.91. The van der Waals surface area contributed by atoms with Crippen LogP contribution in [0.1, 0.15) is 5.56 Å². The van der Waals surface area contributed by atoms with E-state index in [1.807, 2.05) is 36.4 Å². The van der Waals surface area contributed by atoms with Crippen molar-refractivity contribution in [2.45, 2.75) is 5.97 Å². The van der Waals surface area contributed by atoms with Crippen LogP contribution in [-0.4, -0.2) is 19.3 Å². The Hall–Kier alpha value is -1.42. The van der Waals surface area contributed by atoms with Crippen molar-refractivity contribution in [1.82, 2.24) is 0 Å². The number of hydrogen-bond acceptors (Lipinski definition) is 3. The van der Waals surface area contributed by atoms with Crippen LogP contribution in [0.4, 0.5) is 0 Å². The number of ether oxygens (including phenoxy) is 2. The fourth-order valence-electron chi connectivity index (χ4n) is 1.70. The van der Waals surface area contributed by atoms with Gasteiger partial charge in [-0.2, -0.15) is 0 Å². The van der Waals surface area contributed by atoms with Crippen LogP contribution in [0.2, 0.25) is 0 Å². The lowest BCUT2D eigenvalue weighted by Gasteiger charge is -2.24. The first kappa shape index (κ1) is 11.1. The molecule has 84 valence electrons. The van der Waals surface area contributed by atoms with Crippen LogP contribution >= 0.6 is 0 Å². The Morgan fingerprint density at radius 3 is 2.19 bits per heavy atom. The van der Waals surface area contributed by atoms with E-state index >= 15 is 0 Å². The third-order valence-corrected chi connectivity index (χ3v) is 2.67. The van der Waals surface area contributed by atoms with Crippen molar-refractivity contribution in [1.29, 1.82) is 0 Å². The Morgan fingerprint density at radius 1 is 0.938 bits per heavy atom. The number of methoxy groups -OCH3 is 2. The van der Waals surface area contributed by atoms with Gasteiger partial charge in [0.25, 0.3) is 0 Å². The van der Waals surface area contributed by atoms with Crippen molar-refractivity contribution >= 4 is 10.8 Å². The van der Waals surface area contributed by atoms with Gasteiger partial charge in [-0.15, -0.1) is 0 Å². The predicted molar refractivity (Wildman–Crippen MR) is 61.9 cm³/mol. The molecule has 0 heterocycles. The van der Waals surface area contributed by atoms with E-state index in [9.17, 15) is 5.11 Å². The van der Waals surface area contributed by atoms with Crippen molar-refractivity contribution in [3.8, 4) is 0 Å². The zero-order valence-electron chi connectivity index (χ0n) is 9.31. The molecular formula is C13H14O3. The molecule has 2 aromatic carbocycles. The molecule has 0 fully saturated rings. The Bertz CT molecular complexity index is 489. The third-order valence-electron chi connectivity index (χ3n) is 2.67. The van der Waals surface area contributed by atoms with Gasteiger partial charge in [0, 0.05) is 19.8 Å². The largest absolute Gasteiger partial charge is 0.339 e. The number of rotatable bonds is 3. The smallest absolute Gasteiger partial charge is 0.308 e. The summed E-state index contributed by atoms with van der Waals surface area (Å²) in [6.45, 7) is 0. The van der Waals surface area contributed by atoms with Gasteiger partial charge in [-0.3, -0.25) is 0 Å². The Morgan fingerprint density at radius 2 is 1.56 bits per heavy atom. The normalized spacial score (nSPS) is 11.9. The van der Waals surface area contributed by atoms with E-state index in [0.717, 1.165) is 10.8 Å². The average molecular weight is 218 g/mol. The molecule has 0 saturated carbocycles. The summed E-state index contributed by atoms with van der Waals surface area (Å²) >= 11 is 0. The molecule has 2 aromatic rings. The van der Waals surface area contributed by atoms with Crippen LogP contribution in [0.5, 0.6) is 0 Å². The fourth-order valence-corrected chi connectivity index (χ4v) is 1.70. The molecule has 0 unspecified atom stereocenters. The summed E-state index contributed by atoms with van der Waals surface area (Å²) in [4.78, 5) is 0. The zero-order chi connectivity index (χ0) is 11.6. The summed E-state index contributed by atoms with van der Waals surface area (Å²) in [7, 11) is 2.80. The van der Waals surface area contributed by atoms with Crippen LogP contribution in [0, 0.1) is 0 Å². The van der Waals surface area contributed by atoms with Crippen molar-refractivity contribution < 1.29 is 14.6 Å². The maximum Gasteiger partial charge on any atom is 0.308 e. The van der Waals surface area contributed by atoms with Crippen LogP contribution in [0.3, 0.4) is 0 Å². The molecule has 0 aliphatic rings. The zero-order valence-corrected chi connectivity index (χ0v) is 9.31. The molecule has 0 radical (unpaired) electrons. The quantitative estimate of drug-likeness (QED) is 0.803. The first-order chi connectivity index (χ1) is 7.69. The summed E-state index contributed by atoms with van der Waals surface area (Å²) in [6, 6.07) is 13.5. The maximum atomic E-state index is 10.0. The second-order valence-corrected chi connectivity index (χ2v) is 3.55. The molecule has 3 nitrogen and oxygen atoms in total. The van der Waals surface area contributed by atoms with Gasteiger partial charge in [0.2, 0.25) is 0 Å². The molecule has 0 aromatic heterocycles. The van der Waals surface area contributed by atoms with E-state index < -0.39 is 5.97 Å². The van der Waals surface area contributed by atoms with Crippen molar-refractivity contribution in [2.24, 2.45) is 0 Å². The number of benzene rings is 2. The van der Waals surface area contributed by atoms with E-state index in [4.69, 9.17) is 9.47 Å². The molecule has 0 atom stereocenters. The lowest BCUT2D eigenvalue weighted by atomic mass is 10.1. The van der Waals surface area contributed by atoms with E-state index in [-0.39, 0.29) is 0 Å². The summed E-state index contributed by atoms with van der Waals surface area (Å²) in [5.41, 5.74) is 0.580. The maximum absolute atomic E-state index is 10.0. The van der Waals surface area contributed by atoms with Crippen molar-refractivity contribution in [3.63, 3.8) is 0 Å². The minimum Gasteiger partial charge on any atom is -0.339 e. The molecule has 1 N–H and O–H groups in total. The van der Waals surface area contributed by atoms with Crippen LogP contribution in [0.15, 0.2) is 42.5 Å². The van der Waals surface area contributed by atoms with Gasteiger partial charge in [-0.05, 0) is 16.8 Å². The highest BCUT2D eigenvalue weighted by Crippen LogP contribution is 2.26. The fraction of sp³-hybridized carbons (Fsp3) is 0.231. The third kappa shape index (κ3) is 1.80. The second-order valence-electron chi connectivity index (χ2n) is 3.55. The number of hydrogen-bond donors (Lipinski definition) is 1. The number of aliphatic hydroxyl groups is 1. The molecule has 16 heavy (non-hydrogen) atoms. The summed E-state index contributed by atoms with van der Waals surface area (Å²) in [5.74, 6) is -1.68. The SMILES string of the molecule is COC(O)(OC)c1ccc2ccccc2c1. The van der Waals surface area contributed by atoms with Gasteiger partial charge in [0.05, 0.1) is 0 Å². The molecule has 2 rings (SSSR count). The van der Waals surface area contributed by atoms with Gasteiger partial charge in [-0.25, -0.2) is 0 Å². The van der Waals surface area contributed by atoms with E-state index in [0.29, 0.717) is 5.56 Å². The van der Waals surface area contributed by atoms with Gasteiger partial charge in [-0.1, -0.05) is 36.4 Å².